The summed E-state index contributed by atoms with van der Waals surface area (Å²) >= 11 is 0. The molecule has 2 aromatic rings. The summed E-state index contributed by atoms with van der Waals surface area (Å²) in [4.78, 5) is 29.3. The number of hydrogen-bond donors (Lipinski definition) is 2. The van der Waals surface area contributed by atoms with Crippen molar-refractivity contribution in [2.24, 2.45) is 0 Å². The maximum atomic E-state index is 13.3. The number of carbonyl (C=O) groups excluding carboxylic acids is 2. The summed E-state index contributed by atoms with van der Waals surface area (Å²) in [7, 11) is 0. The van der Waals surface area contributed by atoms with Gasteiger partial charge in [-0.1, -0.05) is 37.5 Å². The van der Waals surface area contributed by atoms with Crippen LogP contribution in [0.2, 0.25) is 0 Å². The molecule has 0 bridgehead atoms. The van der Waals surface area contributed by atoms with Crippen LogP contribution in [0.3, 0.4) is 0 Å². The summed E-state index contributed by atoms with van der Waals surface area (Å²) in [6.45, 7) is -0.0603. The topological polar surface area (TPSA) is 71.1 Å². The maximum absolute atomic E-state index is 13.3. The predicted octanol–water partition coefficient (Wildman–Crippen LogP) is 3.11. The lowest BCUT2D eigenvalue weighted by Crippen LogP contribution is -2.43. The summed E-state index contributed by atoms with van der Waals surface area (Å²) < 4.78 is 13.3. The van der Waals surface area contributed by atoms with E-state index in [0.717, 1.165) is 31.4 Å². The van der Waals surface area contributed by atoms with Gasteiger partial charge < -0.3 is 10.6 Å². The molecule has 1 aliphatic rings. The number of nitrogens with zero attached hydrogens (tertiary/aromatic N) is 1. The number of carbonyl (C=O) groups is 2. The molecule has 1 atom stereocenters. The molecule has 5 nitrogen and oxygen atoms in total. The number of hydrogen-bond acceptors (Lipinski definition) is 3. The maximum Gasteiger partial charge on any atom is 0.239 e. The van der Waals surface area contributed by atoms with E-state index in [9.17, 15) is 14.0 Å². The molecule has 1 aromatic heterocycles. The first-order chi connectivity index (χ1) is 13.6. The van der Waals surface area contributed by atoms with Gasteiger partial charge >= 0.3 is 0 Å². The Labute approximate surface area is 164 Å². The number of rotatable bonds is 7. The van der Waals surface area contributed by atoms with E-state index in [-0.39, 0.29) is 30.2 Å². The van der Waals surface area contributed by atoms with Gasteiger partial charge in [-0.15, -0.1) is 0 Å². The SMILES string of the molecule is O=C(CNC(=O)C(Cc1ccccn1)c1ccc(F)cc1)NC1CCCCC1. The lowest BCUT2D eigenvalue weighted by molar-refractivity contribution is -0.127. The Morgan fingerprint density at radius 2 is 1.82 bits per heavy atom. The van der Waals surface area contributed by atoms with Crippen LogP contribution in [0, 0.1) is 5.82 Å². The van der Waals surface area contributed by atoms with Crippen LogP contribution < -0.4 is 10.6 Å². The average Bonchev–Trinajstić information content (AvgIpc) is 2.72. The van der Waals surface area contributed by atoms with Crippen LogP contribution in [0.5, 0.6) is 0 Å². The van der Waals surface area contributed by atoms with Crippen molar-refractivity contribution in [1.29, 1.82) is 0 Å². The Morgan fingerprint density at radius 3 is 2.50 bits per heavy atom. The van der Waals surface area contributed by atoms with Crippen LogP contribution in [-0.2, 0) is 16.0 Å². The van der Waals surface area contributed by atoms with Crippen molar-refractivity contribution in [3.63, 3.8) is 0 Å². The number of benzene rings is 1. The Bertz CT molecular complexity index is 774. The lowest BCUT2D eigenvalue weighted by atomic mass is 9.93. The van der Waals surface area contributed by atoms with Crippen molar-refractivity contribution in [3.8, 4) is 0 Å². The molecule has 1 aromatic carbocycles. The van der Waals surface area contributed by atoms with Gasteiger partial charge in [0, 0.05) is 24.4 Å². The summed E-state index contributed by atoms with van der Waals surface area (Å²) in [6.07, 6.45) is 7.53. The highest BCUT2D eigenvalue weighted by molar-refractivity contribution is 5.88. The fourth-order valence-corrected chi connectivity index (χ4v) is 3.60. The number of pyridine rings is 1. The Kier molecular flexibility index (Phi) is 7.12. The smallest absolute Gasteiger partial charge is 0.239 e. The van der Waals surface area contributed by atoms with E-state index in [4.69, 9.17) is 0 Å². The second-order valence-electron chi connectivity index (χ2n) is 7.25. The van der Waals surface area contributed by atoms with Gasteiger partial charge in [0.05, 0.1) is 12.5 Å². The molecule has 28 heavy (non-hydrogen) atoms. The predicted molar refractivity (Wildman–Crippen MR) is 105 cm³/mol. The van der Waals surface area contributed by atoms with E-state index in [1.165, 1.54) is 18.6 Å². The Morgan fingerprint density at radius 1 is 1.07 bits per heavy atom. The normalized spacial score (nSPS) is 15.6. The van der Waals surface area contributed by atoms with E-state index in [1.807, 2.05) is 18.2 Å². The lowest BCUT2D eigenvalue weighted by Gasteiger charge is -2.23. The van der Waals surface area contributed by atoms with Crippen molar-refractivity contribution in [2.45, 2.75) is 50.5 Å². The van der Waals surface area contributed by atoms with E-state index >= 15 is 0 Å². The van der Waals surface area contributed by atoms with Crippen molar-refractivity contribution in [3.05, 3.63) is 65.7 Å². The molecule has 2 N–H and O–H groups in total. The molecule has 6 heteroatoms. The first-order valence-corrected chi connectivity index (χ1v) is 9.84. The third-order valence-electron chi connectivity index (χ3n) is 5.12. The van der Waals surface area contributed by atoms with Gasteiger partial charge in [0.1, 0.15) is 5.82 Å². The molecule has 0 spiro atoms. The molecule has 3 rings (SSSR count). The monoisotopic (exact) mass is 383 g/mol. The van der Waals surface area contributed by atoms with Gasteiger partial charge in [0.25, 0.3) is 0 Å². The number of nitrogens with one attached hydrogen (secondary N) is 2. The molecule has 0 aliphatic heterocycles. The summed E-state index contributed by atoms with van der Waals surface area (Å²) in [5.41, 5.74) is 1.45. The molecule has 1 fully saturated rings. The number of aromatic nitrogens is 1. The largest absolute Gasteiger partial charge is 0.352 e. The van der Waals surface area contributed by atoms with Gasteiger partial charge in [0.15, 0.2) is 0 Å². The van der Waals surface area contributed by atoms with E-state index in [0.29, 0.717) is 12.0 Å². The zero-order chi connectivity index (χ0) is 19.8. The zero-order valence-electron chi connectivity index (χ0n) is 15.9. The third kappa shape index (κ3) is 5.87. The number of amides is 2. The first kappa shape index (κ1) is 20.0. The molecule has 0 radical (unpaired) electrons. The molecular formula is C22H26FN3O2. The molecule has 148 valence electrons. The summed E-state index contributed by atoms with van der Waals surface area (Å²) in [5.74, 6) is -1.34. The van der Waals surface area contributed by atoms with Crippen LogP contribution >= 0.6 is 0 Å². The highest BCUT2D eigenvalue weighted by Crippen LogP contribution is 2.21. The van der Waals surface area contributed by atoms with Crippen LogP contribution in [0.1, 0.15) is 49.3 Å². The number of halogens is 1. The second kappa shape index (κ2) is 9.97. The standard InChI is InChI=1S/C22H26FN3O2/c23-17-11-9-16(10-12-17)20(14-19-8-4-5-13-24-19)22(28)25-15-21(27)26-18-6-2-1-3-7-18/h4-5,8-13,18,20H,1-3,6-7,14-15H2,(H,25,28)(H,26,27). The van der Waals surface area contributed by atoms with Gasteiger partial charge in [-0.2, -0.15) is 0 Å². The molecule has 1 aliphatic carbocycles. The molecule has 1 unspecified atom stereocenters. The molecule has 1 saturated carbocycles. The Balaban J connectivity index is 1.62. The van der Waals surface area contributed by atoms with Crippen LogP contribution in [0.25, 0.3) is 0 Å². The van der Waals surface area contributed by atoms with Crippen molar-refractivity contribution in [2.75, 3.05) is 6.54 Å². The molecule has 1 heterocycles. The summed E-state index contributed by atoms with van der Waals surface area (Å²) in [6, 6.07) is 11.6. The first-order valence-electron chi connectivity index (χ1n) is 9.84. The quantitative estimate of drug-likeness (QED) is 0.772. The third-order valence-corrected chi connectivity index (χ3v) is 5.12. The minimum Gasteiger partial charge on any atom is -0.352 e. The van der Waals surface area contributed by atoms with Crippen LogP contribution in [0.4, 0.5) is 4.39 Å². The van der Waals surface area contributed by atoms with Crippen molar-refractivity contribution in [1.82, 2.24) is 15.6 Å². The van der Waals surface area contributed by atoms with Crippen molar-refractivity contribution >= 4 is 11.8 Å². The van der Waals surface area contributed by atoms with Crippen molar-refractivity contribution < 1.29 is 14.0 Å². The molecular weight excluding hydrogens is 357 g/mol. The minimum absolute atomic E-state index is 0.0603. The summed E-state index contributed by atoms with van der Waals surface area (Å²) in [5, 5.41) is 5.73. The highest BCUT2D eigenvalue weighted by atomic mass is 19.1. The zero-order valence-corrected chi connectivity index (χ0v) is 15.9. The van der Waals surface area contributed by atoms with E-state index in [1.54, 1.807) is 18.3 Å². The van der Waals surface area contributed by atoms with E-state index in [2.05, 4.69) is 15.6 Å². The Hall–Kier alpha value is -2.76. The van der Waals surface area contributed by atoms with Gasteiger partial charge in [-0.05, 0) is 42.7 Å². The van der Waals surface area contributed by atoms with Gasteiger partial charge in [-0.25, -0.2) is 4.39 Å². The van der Waals surface area contributed by atoms with Crippen LogP contribution in [-0.4, -0.2) is 29.4 Å². The molecule has 0 saturated heterocycles. The molecule has 2 amide bonds. The van der Waals surface area contributed by atoms with Gasteiger partial charge in [0.2, 0.25) is 11.8 Å². The fraction of sp³-hybridized carbons (Fsp3) is 0.409. The van der Waals surface area contributed by atoms with Crippen LogP contribution in [0.15, 0.2) is 48.7 Å². The average molecular weight is 383 g/mol. The second-order valence-corrected chi connectivity index (χ2v) is 7.25. The highest BCUT2D eigenvalue weighted by Gasteiger charge is 2.23. The van der Waals surface area contributed by atoms with Gasteiger partial charge in [-0.3, -0.25) is 14.6 Å². The van der Waals surface area contributed by atoms with E-state index < -0.39 is 5.92 Å². The fourth-order valence-electron chi connectivity index (χ4n) is 3.60. The minimum atomic E-state index is -0.544.